The highest BCUT2D eigenvalue weighted by molar-refractivity contribution is 9.10. The van der Waals surface area contributed by atoms with E-state index >= 15 is 0 Å². The molecule has 0 spiro atoms. The number of esters is 1. The van der Waals surface area contributed by atoms with Gasteiger partial charge in [0.15, 0.2) is 12.4 Å². The number of rotatable bonds is 6. The van der Waals surface area contributed by atoms with Crippen molar-refractivity contribution in [1.29, 1.82) is 0 Å². The van der Waals surface area contributed by atoms with Crippen LogP contribution < -0.4 is 4.74 Å². The summed E-state index contributed by atoms with van der Waals surface area (Å²) in [7, 11) is 1.26. The van der Waals surface area contributed by atoms with Crippen LogP contribution in [-0.4, -0.2) is 35.7 Å². The summed E-state index contributed by atoms with van der Waals surface area (Å²) in [6.45, 7) is -0.102. The molecule has 6 nitrogen and oxygen atoms in total. The molecule has 1 heterocycles. The van der Waals surface area contributed by atoms with Crippen molar-refractivity contribution in [3.63, 3.8) is 0 Å². The van der Waals surface area contributed by atoms with Crippen LogP contribution in [0.1, 0.15) is 11.1 Å². The molecule has 0 unspecified atom stereocenters. The van der Waals surface area contributed by atoms with Crippen LogP contribution in [0.3, 0.4) is 0 Å². The van der Waals surface area contributed by atoms with E-state index in [4.69, 9.17) is 16.3 Å². The molecule has 0 N–H and O–H groups in total. The fourth-order valence-electron chi connectivity index (χ4n) is 3.38. The molecule has 2 amide bonds. The Balaban J connectivity index is 1.56. The molecule has 1 aliphatic rings. The maximum Gasteiger partial charge on any atom is 0.343 e. The molecule has 0 radical (unpaired) electrons. The summed E-state index contributed by atoms with van der Waals surface area (Å²) in [5, 5.41) is 1.96. The molecule has 33 heavy (non-hydrogen) atoms. The van der Waals surface area contributed by atoms with Gasteiger partial charge in [-0.3, -0.25) is 14.5 Å². The maximum atomic E-state index is 13.0. The normalized spacial score (nSPS) is 14.9. The van der Waals surface area contributed by atoms with E-state index < -0.39 is 5.97 Å². The lowest BCUT2D eigenvalue weighted by Gasteiger charge is -2.14. The number of nitrogens with zero attached hydrogens (tertiary/aromatic N) is 1. The van der Waals surface area contributed by atoms with Crippen LogP contribution in [0, 0.1) is 0 Å². The van der Waals surface area contributed by atoms with Crippen molar-refractivity contribution in [3.8, 4) is 5.75 Å². The molecule has 1 fully saturated rings. The Bertz CT molecular complexity index is 1280. The Morgan fingerprint density at radius 2 is 1.91 bits per heavy atom. The minimum atomic E-state index is -0.540. The number of fused-ring (bicyclic) bond motifs is 1. The molecule has 0 aliphatic carbocycles. The molecule has 1 saturated heterocycles. The van der Waals surface area contributed by atoms with Gasteiger partial charge in [0, 0.05) is 0 Å². The summed E-state index contributed by atoms with van der Waals surface area (Å²) in [5.41, 5.74) is 1.50. The first-order valence-electron chi connectivity index (χ1n) is 9.78. The van der Waals surface area contributed by atoms with Gasteiger partial charge in [-0.15, -0.1) is 0 Å². The van der Waals surface area contributed by atoms with Crippen molar-refractivity contribution in [3.05, 3.63) is 80.1 Å². The Hall–Kier alpha value is -2.81. The van der Waals surface area contributed by atoms with Gasteiger partial charge in [-0.2, -0.15) is 0 Å². The van der Waals surface area contributed by atoms with E-state index in [9.17, 15) is 14.4 Å². The number of hydrogen-bond donors (Lipinski definition) is 0. The second-order valence-corrected chi connectivity index (χ2v) is 9.34. The first kappa shape index (κ1) is 23.4. The maximum absolute atomic E-state index is 13.0. The third-order valence-electron chi connectivity index (χ3n) is 4.96. The van der Waals surface area contributed by atoms with Crippen molar-refractivity contribution >= 4 is 73.3 Å². The molecule has 0 saturated carbocycles. The zero-order chi connectivity index (χ0) is 23.5. The van der Waals surface area contributed by atoms with Gasteiger partial charge in [0.05, 0.1) is 28.1 Å². The number of methoxy groups -OCH3 is 1. The van der Waals surface area contributed by atoms with Gasteiger partial charge in [0.1, 0.15) is 0 Å². The highest BCUT2D eigenvalue weighted by Gasteiger charge is 2.35. The van der Waals surface area contributed by atoms with Crippen molar-refractivity contribution < 1.29 is 23.9 Å². The van der Waals surface area contributed by atoms with Gasteiger partial charge >= 0.3 is 5.97 Å². The Labute approximate surface area is 207 Å². The molecule has 3 aromatic carbocycles. The molecular weight excluding hydrogens is 530 g/mol. The topological polar surface area (TPSA) is 72.9 Å². The number of imide groups is 1. The standard InChI is InChI=1S/C24H17BrClNO5S/c1-31-21(28)13-32-22-18(25)9-14(10-19(22)26)11-20-23(29)27(24(30)33-20)12-16-7-4-6-15-5-2-3-8-17(15)16/h2-11H,12-13H2,1H3/b20-11+. The zero-order valence-electron chi connectivity index (χ0n) is 17.3. The third-order valence-corrected chi connectivity index (χ3v) is 6.74. The van der Waals surface area contributed by atoms with E-state index in [1.807, 2.05) is 42.5 Å². The number of hydrogen-bond acceptors (Lipinski definition) is 6. The van der Waals surface area contributed by atoms with Gasteiger partial charge in [0.2, 0.25) is 0 Å². The van der Waals surface area contributed by atoms with Crippen LogP contribution in [-0.2, 0) is 20.9 Å². The lowest BCUT2D eigenvalue weighted by Crippen LogP contribution is -2.27. The van der Waals surface area contributed by atoms with Gasteiger partial charge in [-0.05, 0) is 67.8 Å². The number of thioether (sulfide) groups is 1. The van der Waals surface area contributed by atoms with Crippen molar-refractivity contribution in [2.24, 2.45) is 0 Å². The minimum absolute atomic E-state index is 0.189. The largest absolute Gasteiger partial charge is 0.479 e. The van der Waals surface area contributed by atoms with E-state index in [0.717, 1.165) is 28.1 Å². The van der Waals surface area contributed by atoms with Crippen LogP contribution in [0.2, 0.25) is 5.02 Å². The first-order valence-corrected chi connectivity index (χ1v) is 11.8. The van der Waals surface area contributed by atoms with Gasteiger partial charge in [-0.25, -0.2) is 4.79 Å². The summed E-state index contributed by atoms with van der Waals surface area (Å²) in [6.07, 6.45) is 1.61. The Morgan fingerprint density at radius 3 is 2.67 bits per heavy atom. The summed E-state index contributed by atoms with van der Waals surface area (Å²) in [5.74, 6) is -0.624. The fourth-order valence-corrected chi connectivity index (χ4v) is 5.21. The average Bonchev–Trinajstić information content (AvgIpc) is 3.05. The van der Waals surface area contributed by atoms with Gasteiger partial charge in [0.25, 0.3) is 11.1 Å². The van der Waals surface area contributed by atoms with E-state index in [0.29, 0.717) is 14.9 Å². The molecule has 0 bridgehead atoms. The number of ether oxygens (including phenoxy) is 2. The van der Waals surface area contributed by atoms with Crippen LogP contribution >= 0.6 is 39.3 Å². The van der Waals surface area contributed by atoms with Crippen LogP contribution in [0.25, 0.3) is 16.8 Å². The van der Waals surface area contributed by atoms with E-state index in [-0.39, 0.29) is 35.1 Å². The van der Waals surface area contributed by atoms with Crippen LogP contribution in [0.4, 0.5) is 4.79 Å². The number of amides is 2. The quantitative estimate of drug-likeness (QED) is 0.277. The second-order valence-electron chi connectivity index (χ2n) is 7.08. The molecule has 4 rings (SSSR count). The number of halogens is 2. The molecule has 0 aromatic heterocycles. The first-order chi connectivity index (χ1) is 15.9. The average molecular weight is 547 g/mol. The van der Waals surface area contributed by atoms with Gasteiger partial charge in [-0.1, -0.05) is 54.1 Å². The SMILES string of the molecule is COC(=O)COc1c(Cl)cc(/C=C2/SC(=O)N(Cc3cccc4ccccc34)C2=O)cc1Br. The lowest BCUT2D eigenvalue weighted by atomic mass is 10.0. The summed E-state index contributed by atoms with van der Waals surface area (Å²) >= 11 is 10.5. The Kier molecular flexibility index (Phi) is 7.07. The number of carbonyl (C=O) groups is 3. The van der Waals surface area contributed by atoms with Crippen molar-refractivity contribution in [2.45, 2.75) is 6.54 Å². The van der Waals surface area contributed by atoms with E-state index in [1.54, 1.807) is 18.2 Å². The minimum Gasteiger partial charge on any atom is -0.479 e. The van der Waals surface area contributed by atoms with Crippen LogP contribution in [0.15, 0.2) is 64.0 Å². The molecular formula is C24H17BrClNO5S. The van der Waals surface area contributed by atoms with Crippen LogP contribution in [0.5, 0.6) is 5.75 Å². The summed E-state index contributed by atoms with van der Waals surface area (Å²) in [6, 6.07) is 17.0. The second kappa shape index (κ2) is 9.99. The fraction of sp³-hybridized carbons (Fsp3) is 0.125. The zero-order valence-corrected chi connectivity index (χ0v) is 20.5. The lowest BCUT2D eigenvalue weighted by molar-refractivity contribution is -0.142. The summed E-state index contributed by atoms with van der Waals surface area (Å²) in [4.78, 5) is 38.5. The third kappa shape index (κ3) is 5.08. The predicted molar refractivity (Wildman–Crippen MR) is 132 cm³/mol. The van der Waals surface area contributed by atoms with E-state index in [1.165, 1.54) is 12.0 Å². The van der Waals surface area contributed by atoms with Gasteiger partial charge < -0.3 is 9.47 Å². The predicted octanol–water partition coefficient (Wildman–Crippen LogP) is 6.04. The molecule has 1 aliphatic heterocycles. The molecule has 0 atom stereocenters. The summed E-state index contributed by atoms with van der Waals surface area (Å²) < 4.78 is 10.4. The molecule has 9 heteroatoms. The van der Waals surface area contributed by atoms with Crippen molar-refractivity contribution in [1.82, 2.24) is 4.90 Å². The number of benzene rings is 3. The highest BCUT2D eigenvalue weighted by atomic mass is 79.9. The smallest absolute Gasteiger partial charge is 0.343 e. The number of carbonyl (C=O) groups excluding carboxylic acids is 3. The Morgan fingerprint density at radius 1 is 1.15 bits per heavy atom. The van der Waals surface area contributed by atoms with E-state index in [2.05, 4.69) is 20.7 Å². The van der Waals surface area contributed by atoms with Crippen molar-refractivity contribution in [2.75, 3.05) is 13.7 Å². The molecule has 168 valence electrons. The monoisotopic (exact) mass is 545 g/mol. The highest BCUT2D eigenvalue weighted by Crippen LogP contribution is 2.38. The molecule has 3 aromatic rings.